The van der Waals surface area contributed by atoms with Crippen LogP contribution in [-0.2, 0) is 9.53 Å². The summed E-state index contributed by atoms with van der Waals surface area (Å²) in [7, 11) is 0. The van der Waals surface area contributed by atoms with Crippen molar-refractivity contribution in [1.82, 2.24) is 10.2 Å². The summed E-state index contributed by atoms with van der Waals surface area (Å²) < 4.78 is 5.33. The molecule has 0 aromatic carbocycles. The highest BCUT2D eigenvalue weighted by Crippen LogP contribution is 2.28. The third kappa shape index (κ3) is 4.91. The van der Waals surface area contributed by atoms with E-state index in [2.05, 4.69) is 12.2 Å². The zero-order chi connectivity index (χ0) is 14.3. The number of ether oxygens (including phenoxy) is 1. The summed E-state index contributed by atoms with van der Waals surface area (Å²) in [5.41, 5.74) is 0. The molecule has 2 amide bonds. The normalized spacial score (nSPS) is 22.5. The van der Waals surface area contributed by atoms with Crippen molar-refractivity contribution in [2.45, 2.75) is 38.1 Å². The number of unbranched alkanes of at least 4 members (excludes halogenated alkanes) is 1. The van der Waals surface area contributed by atoms with E-state index < -0.39 is 12.0 Å². The van der Waals surface area contributed by atoms with E-state index in [1.54, 1.807) is 0 Å². The van der Waals surface area contributed by atoms with E-state index in [1.807, 2.05) is 6.92 Å². The van der Waals surface area contributed by atoms with Crippen LogP contribution in [0.2, 0.25) is 0 Å². The van der Waals surface area contributed by atoms with Crippen molar-refractivity contribution in [1.29, 1.82) is 0 Å². The molecule has 0 spiro atoms. The van der Waals surface area contributed by atoms with E-state index in [9.17, 15) is 9.59 Å². The molecule has 1 aliphatic heterocycles. The van der Waals surface area contributed by atoms with Gasteiger partial charge in [0.25, 0.3) is 0 Å². The van der Waals surface area contributed by atoms with Crippen molar-refractivity contribution < 1.29 is 19.4 Å². The van der Waals surface area contributed by atoms with Gasteiger partial charge in [-0.05, 0) is 13.3 Å². The van der Waals surface area contributed by atoms with Gasteiger partial charge in [0.1, 0.15) is 6.04 Å². The summed E-state index contributed by atoms with van der Waals surface area (Å²) in [6.45, 7) is 5.48. The highest BCUT2D eigenvalue weighted by Gasteiger charge is 2.39. The molecule has 110 valence electrons. The minimum absolute atomic E-state index is 0.109. The summed E-state index contributed by atoms with van der Waals surface area (Å²) in [6, 6.07) is -1.06. The van der Waals surface area contributed by atoms with Crippen molar-refractivity contribution in [3.8, 4) is 0 Å². The Hall–Kier alpha value is -0.950. The van der Waals surface area contributed by atoms with Crippen LogP contribution in [-0.4, -0.2) is 58.9 Å². The van der Waals surface area contributed by atoms with E-state index in [-0.39, 0.29) is 11.4 Å². The van der Waals surface area contributed by atoms with Gasteiger partial charge in [-0.25, -0.2) is 9.59 Å². The Morgan fingerprint density at radius 1 is 1.47 bits per heavy atom. The number of rotatable bonds is 7. The van der Waals surface area contributed by atoms with Gasteiger partial charge in [-0.3, -0.25) is 4.90 Å². The largest absolute Gasteiger partial charge is 0.480 e. The van der Waals surface area contributed by atoms with Crippen LogP contribution in [0.5, 0.6) is 0 Å². The molecule has 2 N–H and O–H groups in total. The third-order valence-electron chi connectivity index (χ3n) is 2.91. The maximum absolute atomic E-state index is 11.9. The van der Waals surface area contributed by atoms with Crippen LogP contribution in [0.25, 0.3) is 0 Å². The first-order valence-corrected chi connectivity index (χ1v) is 7.61. The van der Waals surface area contributed by atoms with E-state index in [0.717, 1.165) is 12.8 Å². The van der Waals surface area contributed by atoms with Gasteiger partial charge in [0.15, 0.2) is 0 Å². The first kappa shape index (κ1) is 16.1. The van der Waals surface area contributed by atoms with Gasteiger partial charge >= 0.3 is 12.0 Å². The highest BCUT2D eigenvalue weighted by molar-refractivity contribution is 8.00. The van der Waals surface area contributed by atoms with Gasteiger partial charge in [-0.2, -0.15) is 0 Å². The maximum Gasteiger partial charge on any atom is 0.327 e. The monoisotopic (exact) mass is 290 g/mol. The molecule has 0 bridgehead atoms. The average molecular weight is 290 g/mol. The van der Waals surface area contributed by atoms with Crippen LogP contribution >= 0.6 is 11.8 Å². The molecule has 1 rings (SSSR count). The van der Waals surface area contributed by atoms with Gasteiger partial charge in [-0.15, -0.1) is 11.8 Å². The molecule has 1 saturated heterocycles. The lowest BCUT2D eigenvalue weighted by Crippen LogP contribution is -2.50. The van der Waals surface area contributed by atoms with Crippen LogP contribution in [0.3, 0.4) is 0 Å². The van der Waals surface area contributed by atoms with Gasteiger partial charge in [0.2, 0.25) is 0 Å². The zero-order valence-corrected chi connectivity index (χ0v) is 12.2. The average Bonchev–Trinajstić information content (AvgIpc) is 2.75. The fourth-order valence-electron chi connectivity index (χ4n) is 1.81. The van der Waals surface area contributed by atoms with Gasteiger partial charge in [-0.1, -0.05) is 13.3 Å². The first-order chi connectivity index (χ1) is 9.07. The smallest absolute Gasteiger partial charge is 0.327 e. The summed E-state index contributed by atoms with van der Waals surface area (Å²) in [5.74, 6) is -0.511. The lowest BCUT2D eigenvalue weighted by atomic mass is 10.3. The minimum Gasteiger partial charge on any atom is -0.480 e. The number of aliphatic carboxylic acids is 1. The van der Waals surface area contributed by atoms with Crippen molar-refractivity contribution in [2.24, 2.45) is 0 Å². The highest BCUT2D eigenvalue weighted by atomic mass is 32.2. The Morgan fingerprint density at radius 3 is 2.84 bits per heavy atom. The van der Waals surface area contributed by atoms with Gasteiger partial charge in [0.05, 0.1) is 12.0 Å². The summed E-state index contributed by atoms with van der Waals surface area (Å²) in [5, 5.41) is 11.7. The van der Waals surface area contributed by atoms with E-state index >= 15 is 0 Å². The molecule has 7 heteroatoms. The molecular weight excluding hydrogens is 268 g/mol. The second kappa shape index (κ2) is 8.27. The van der Waals surface area contributed by atoms with E-state index in [0.29, 0.717) is 25.5 Å². The van der Waals surface area contributed by atoms with Crippen LogP contribution < -0.4 is 5.32 Å². The quantitative estimate of drug-likeness (QED) is 0.692. The van der Waals surface area contributed by atoms with E-state index in [4.69, 9.17) is 9.84 Å². The molecule has 1 aliphatic rings. The third-order valence-corrected chi connectivity index (χ3v) is 4.12. The number of carboxylic acid groups (broad SMARTS) is 1. The number of urea groups is 1. The lowest BCUT2D eigenvalue weighted by Gasteiger charge is -2.25. The minimum atomic E-state index is -0.953. The van der Waals surface area contributed by atoms with Gasteiger partial charge < -0.3 is 15.2 Å². The Balaban J connectivity index is 2.29. The number of thioether (sulfide) groups is 1. The molecule has 0 aromatic rings. The summed E-state index contributed by atoms with van der Waals surface area (Å²) >= 11 is 1.47. The number of carbonyl (C=O) groups is 2. The molecule has 0 aromatic heterocycles. The molecule has 6 nitrogen and oxygen atoms in total. The second-order valence-electron chi connectivity index (χ2n) is 4.39. The molecule has 0 saturated carbocycles. The molecule has 0 radical (unpaired) electrons. The number of hydrogen-bond donors (Lipinski definition) is 2. The van der Waals surface area contributed by atoms with Crippen LogP contribution in [0, 0.1) is 0 Å². The predicted molar refractivity (Wildman–Crippen MR) is 74.3 cm³/mol. The molecule has 0 aliphatic carbocycles. The number of carbonyl (C=O) groups excluding carboxylic acids is 1. The Labute approximate surface area is 117 Å². The lowest BCUT2D eigenvalue weighted by molar-refractivity contribution is -0.141. The number of hydrogen-bond acceptors (Lipinski definition) is 4. The summed E-state index contributed by atoms with van der Waals surface area (Å²) in [6.07, 6.45) is 2.09. The Morgan fingerprint density at radius 2 is 2.21 bits per heavy atom. The van der Waals surface area contributed by atoms with E-state index in [1.165, 1.54) is 16.7 Å². The molecule has 2 atom stereocenters. The van der Waals surface area contributed by atoms with Crippen LogP contribution in [0.15, 0.2) is 0 Å². The Bertz CT molecular complexity index is 314. The fourth-order valence-corrected chi connectivity index (χ4v) is 2.98. The number of carboxylic acids is 1. The predicted octanol–water partition coefficient (Wildman–Crippen LogP) is 1.36. The Kier molecular flexibility index (Phi) is 7.01. The first-order valence-electron chi connectivity index (χ1n) is 6.56. The van der Waals surface area contributed by atoms with Crippen LogP contribution in [0.1, 0.15) is 26.7 Å². The van der Waals surface area contributed by atoms with Crippen LogP contribution in [0.4, 0.5) is 4.79 Å². The van der Waals surface area contributed by atoms with Crippen molar-refractivity contribution >= 4 is 23.8 Å². The SMILES string of the molecule is CCCCOCCNC(=O)N1C(C)SCC1C(=O)O. The maximum atomic E-state index is 11.9. The second-order valence-corrected chi connectivity index (χ2v) is 5.74. The number of nitrogens with one attached hydrogen (secondary N) is 1. The molecule has 2 unspecified atom stereocenters. The zero-order valence-electron chi connectivity index (χ0n) is 11.4. The summed E-state index contributed by atoms with van der Waals surface area (Å²) in [4.78, 5) is 24.4. The molecule has 1 fully saturated rings. The van der Waals surface area contributed by atoms with Crippen molar-refractivity contribution in [3.05, 3.63) is 0 Å². The molecule has 19 heavy (non-hydrogen) atoms. The van der Waals surface area contributed by atoms with Crippen molar-refractivity contribution in [2.75, 3.05) is 25.5 Å². The standard InChI is InChI=1S/C12H22N2O4S/c1-3-4-6-18-7-5-13-12(17)14-9(2)19-8-10(14)11(15)16/h9-10H,3-8H2,1-2H3,(H,13,17)(H,15,16). The number of amides is 2. The molecule has 1 heterocycles. The van der Waals surface area contributed by atoms with Gasteiger partial charge in [0, 0.05) is 18.9 Å². The topological polar surface area (TPSA) is 78.9 Å². The fraction of sp³-hybridized carbons (Fsp3) is 0.833. The molecular formula is C12H22N2O4S. The van der Waals surface area contributed by atoms with Crippen molar-refractivity contribution in [3.63, 3.8) is 0 Å². The number of nitrogens with zero attached hydrogens (tertiary/aromatic N) is 1.